The predicted molar refractivity (Wildman–Crippen MR) is 36.0 cm³/mol. The molecule has 42 valence electrons. The summed E-state index contributed by atoms with van der Waals surface area (Å²) in [6.07, 6.45) is 1.44. The molecular formula is C6H7NSe. The van der Waals surface area contributed by atoms with Crippen LogP contribution in [0.1, 0.15) is 8.87 Å². The van der Waals surface area contributed by atoms with Crippen LogP contribution in [-0.4, -0.2) is 20.7 Å². The summed E-state index contributed by atoms with van der Waals surface area (Å²) >= 11 is 0.474. The fourth-order valence-corrected chi connectivity index (χ4v) is 2.01. The fourth-order valence-electron chi connectivity index (χ4n) is 0.531. The van der Waals surface area contributed by atoms with Gasteiger partial charge < -0.3 is 0 Å². The van der Waals surface area contributed by atoms with Gasteiger partial charge in [0.2, 0.25) is 0 Å². The van der Waals surface area contributed by atoms with Crippen molar-refractivity contribution in [3.8, 4) is 0 Å². The Balaban J connectivity index is 3.00. The van der Waals surface area contributed by atoms with E-state index in [1.165, 1.54) is 15.1 Å². The Morgan fingerprint density at radius 3 is 2.62 bits per heavy atom. The van der Waals surface area contributed by atoms with Gasteiger partial charge in [0.15, 0.2) is 0 Å². The van der Waals surface area contributed by atoms with E-state index in [1.54, 1.807) is 0 Å². The Labute approximate surface area is 54.6 Å². The van der Waals surface area contributed by atoms with Crippen LogP contribution in [0.4, 0.5) is 0 Å². The molecule has 1 nitrogen and oxygen atoms in total. The van der Waals surface area contributed by atoms with Gasteiger partial charge in [-0.15, -0.1) is 0 Å². The number of aryl methyl sites for hydroxylation is 1. The molecule has 0 radical (unpaired) electrons. The van der Waals surface area contributed by atoms with Gasteiger partial charge >= 0.3 is 54.1 Å². The van der Waals surface area contributed by atoms with Crippen LogP contribution in [0.5, 0.6) is 0 Å². The summed E-state index contributed by atoms with van der Waals surface area (Å²) in [5.74, 6) is 0. The summed E-state index contributed by atoms with van der Waals surface area (Å²) in [4.78, 5) is 0. The van der Waals surface area contributed by atoms with E-state index in [1.807, 2.05) is 6.07 Å². The zero-order chi connectivity index (χ0) is 5.98. The van der Waals surface area contributed by atoms with Crippen molar-refractivity contribution in [3.05, 3.63) is 21.0 Å². The molecule has 1 aromatic rings. The number of hydrogen-bond acceptors (Lipinski definition) is 1. The van der Waals surface area contributed by atoms with E-state index in [0.717, 1.165) is 0 Å². The van der Waals surface area contributed by atoms with Gasteiger partial charge in [-0.3, -0.25) is 0 Å². The fraction of sp³-hybridized carbons (Fsp3) is 0.167. The Kier molecular flexibility index (Phi) is 1.66. The molecule has 0 saturated carbocycles. The van der Waals surface area contributed by atoms with E-state index in [2.05, 4.69) is 13.0 Å². The second-order valence-electron chi connectivity index (χ2n) is 1.59. The van der Waals surface area contributed by atoms with Crippen LogP contribution >= 0.6 is 0 Å². The van der Waals surface area contributed by atoms with Gasteiger partial charge in [0, 0.05) is 0 Å². The predicted octanol–water partition coefficient (Wildman–Crippen LogP) is 1.05. The average Bonchev–Trinajstić information content (AvgIpc) is 2.14. The van der Waals surface area contributed by atoms with Crippen molar-refractivity contribution in [2.24, 2.45) is 0 Å². The van der Waals surface area contributed by atoms with Crippen molar-refractivity contribution >= 4 is 20.7 Å². The second kappa shape index (κ2) is 2.29. The summed E-state index contributed by atoms with van der Waals surface area (Å²) in [5.41, 5.74) is 0. The molecule has 1 aromatic heterocycles. The molecule has 8 heavy (non-hydrogen) atoms. The SMILES string of the molecule is Cc1ccc(C=N)[se]1. The van der Waals surface area contributed by atoms with Crippen molar-refractivity contribution in [3.63, 3.8) is 0 Å². The van der Waals surface area contributed by atoms with Crippen molar-refractivity contribution in [2.75, 3.05) is 0 Å². The van der Waals surface area contributed by atoms with Gasteiger partial charge in [0.25, 0.3) is 0 Å². The van der Waals surface area contributed by atoms with Crippen LogP contribution in [-0.2, 0) is 0 Å². The Morgan fingerprint density at radius 2 is 2.38 bits per heavy atom. The number of hydrogen-bond donors (Lipinski definition) is 1. The van der Waals surface area contributed by atoms with E-state index in [9.17, 15) is 0 Å². The van der Waals surface area contributed by atoms with Crippen molar-refractivity contribution in [1.29, 1.82) is 5.41 Å². The third-order valence-corrected chi connectivity index (χ3v) is 2.89. The summed E-state index contributed by atoms with van der Waals surface area (Å²) in [6, 6.07) is 4.10. The van der Waals surface area contributed by atoms with Crippen LogP contribution < -0.4 is 0 Å². The van der Waals surface area contributed by atoms with Crippen LogP contribution in [0.25, 0.3) is 0 Å². The van der Waals surface area contributed by atoms with Crippen molar-refractivity contribution < 1.29 is 0 Å². The minimum atomic E-state index is 0.474. The standard InChI is InChI=1S/C6H7NSe/c1-5-2-3-6(4-7)8-5/h2-4,7H,1H3. The molecule has 0 spiro atoms. The first kappa shape index (κ1) is 5.80. The average molecular weight is 172 g/mol. The quantitative estimate of drug-likeness (QED) is 0.483. The Hall–Kier alpha value is -0.331. The van der Waals surface area contributed by atoms with E-state index in [-0.39, 0.29) is 0 Å². The van der Waals surface area contributed by atoms with Gasteiger partial charge in [-0.05, 0) is 0 Å². The first-order valence-electron chi connectivity index (χ1n) is 2.40. The molecule has 0 aliphatic carbocycles. The molecule has 0 atom stereocenters. The zero-order valence-corrected chi connectivity index (χ0v) is 6.35. The van der Waals surface area contributed by atoms with E-state index in [4.69, 9.17) is 5.41 Å². The molecule has 0 unspecified atom stereocenters. The van der Waals surface area contributed by atoms with Crippen LogP contribution in [0.15, 0.2) is 12.1 Å². The molecule has 0 bridgehead atoms. The number of rotatable bonds is 1. The molecule has 0 aliphatic heterocycles. The minimum absolute atomic E-state index is 0.474. The van der Waals surface area contributed by atoms with Crippen LogP contribution in [0, 0.1) is 12.3 Å². The van der Waals surface area contributed by atoms with Crippen molar-refractivity contribution in [2.45, 2.75) is 6.92 Å². The Morgan fingerprint density at radius 1 is 1.62 bits per heavy atom. The molecule has 2 heteroatoms. The molecule has 0 amide bonds. The van der Waals surface area contributed by atoms with E-state index < -0.39 is 0 Å². The zero-order valence-electron chi connectivity index (χ0n) is 4.64. The first-order chi connectivity index (χ1) is 3.83. The third-order valence-electron chi connectivity index (χ3n) is 0.903. The van der Waals surface area contributed by atoms with Gasteiger partial charge in [0.05, 0.1) is 0 Å². The topological polar surface area (TPSA) is 23.9 Å². The maximum absolute atomic E-state index is 6.88. The summed E-state index contributed by atoms with van der Waals surface area (Å²) < 4.78 is 2.59. The Bertz CT molecular complexity index is 190. The van der Waals surface area contributed by atoms with Gasteiger partial charge in [-0.1, -0.05) is 0 Å². The third kappa shape index (κ3) is 1.09. The summed E-state index contributed by atoms with van der Waals surface area (Å²) in [5, 5.41) is 6.88. The summed E-state index contributed by atoms with van der Waals surface area (Å²) in [7, 11) is 0. The van der Waals surface area contributed by atoms with Gasteiger partial charge in [-0.25, -0.2) is 0 Å². The molecule has 1 heterocycles. The maximum atomic E-state index is 6.88. The number of nitrogens with one attached hydrogen (secondary N) is 1. The molecule has 1 N–H and O–H groups in total. The van der Waals surface area contributed by atoms with Crippen LogP contribution in [0.3, 0.4) is 0 Å². The van der Waals surface area contributed by atoms with E-state index in [0.29, 0.717) is 14.5 Å². The van der Waals surface area contributed by atoms with Gasteiger partial charge in [0.1, 0.15) is 0 Å². The molecule has 0 fully saturated rings. The molecule has 0 aliphatic rings. The van der Waals surface area contributed by atoms with Crippen molar-refractivity contribution in [1.82, 2.24) is 0 Å². The normalized spacial score (nSPS) is 9.12. The monoisotopic (exact) mass is 173 g/mol. The molecular weight excluding hydrogens is 165 g/mol. The molecule has 1 rings (SSSR count). The first-order valence-corrected chi connectivity index (χ1v) is 4.11. The van der Waals surface area contributed by atoms with Gasteiger partial charge in [-0.2, -0.15) is 0 Å². The van der Waals surface area contributed by atoms with Crippen LogP contribution in [0.2, 0.25) is 0 Å². The van der Waals surface area contributed by atoms with E-state index >= 15 is 0 Å². The molecule has 0 saturated heterocycles. The molecule has 0 aromatic carbocycles. The second-order valence-corrected chi connectivity index (χ2v) is 4.36. The summed E-state index contributed by atoms with van der Waals surface area (Å²) in [6.45, 7) is 2.10.